The van der Waals surface area contributed by atoms with Gasteiger partial charge in [0.2, 0.25) is 0 Å². The molecular weight excluding hydrogens is 196 g/mol. The fraction of sp³-hybridized carbons (Fsp3) is 0.400. The predicted octanol–water partition coefficient (Wildman–Crippen LogP) is 1.71. The summed E-state index contributed by atoms with van der Waals surface area (Å²) in [6.45, 7) is 3.07. The number of hydrogen-bond acceptors (Lipinski definition) is 4. The molecular formula is C10H12N2O3. The molecule has 0 aliphatic carbocycles. The minimum Gasteiger partial charge on any atom is -0.377 e. The molecule has 1 heterocycles. The maximum absolute atomic E-state index is 10.7. The van der Waals surface area contributed by atoms with Crippen LogP contribution in [0.25, 0.3) is 0 Å². The number of rotatable bonds is 3. The molecule has 0 unspecified atom stereocenters. The van der Waals surface area contributed by atoms with Crippen molar-refractivity contribution < 1.29 is 9.66 Å². The van der Waals surface area contributed by atoms with E-state index in [2.05, 4.69) is 5.32 Å². The smallest absolute Gasteiger partial charge is 0.274 e. The Hall–Kier alpha value is -1.62. The zero-order valence-corrected chi connectivity index (χ0v) is 8.40. The normalized spacial score (nSPS) is 15.8. The number of nitro groups is 1. The molecule has 1 saturated heterocycles. The molecule has 0 atom stereocenters. The minimum atomic E-state index is -0.363. The fourth-order valence-electron chi connectivity index (χ4n) is 1.45. The maximum Gasteiger partial charge on any atom is 0.274 e. The average Bonchev–Trinajstić information content (AvgIpc) is 2.13. The Morgan fingerprint density at radius 2 is 2.27 bits per heavy atom. The third kappa shape index (κ3) is 2.07. The Morgan fingerprint density at radius 3 is 2.80 bits per heavy atom. The average molecular weight is 208 g/mol. The molecule has 0 bridgehead atoms. The van der Waals surface area contributed by atoms with E-state index in [9.17, 15) is 10.1 Å². The number of hydrogen-bond donors (Lipinski definition) is 1. The summed E-state index contributed by atoms with van der Waals surface area (Å²) in [4.78, 5) is 10.3. The molecule has 0 radical (unpaired) electrons. The van der Waals surface area contributed by atoms with Crippen LogP contribution >= 0.6 is 0 Å². The van der Waals surface area contributed by atoms with Gasteiger partial charge in [-0.2, -0.15) is 0 Å². The van der Waals surface area contributed by atoms with Crippen LogP contribution in [0.1, 0.15) is 5.56 Å². The van der Waals surface area contributed by atoms with Crippen molar-refractivity contribution >= 4 is 11.4 Å². The topological polar surface area (TPSA) is 64.4 Å². The van der Waals surface area contributed by atoms with Gasteiger partial charge in [-0.15, -0.1) is 0 Å². The molecule has 0 spiro atoms. The standard InChI is InChI=1S/C10H12N2O3/c1-7-2-3-8(4-10(7)12(13)14)11-9-5-15-6-9/h2-4,9,11H,5-6H2,1H3. The summed E-state index contributed by atoms with van der Waals surface area (Å²) in [7, 11) is 0. The number of nitrogens with zero attached hydrogens (tertiary/aromatic N) is 1. The number of benzene rings is 1. The fourth-order valence-corrected chi connectivity index (χ4v) is 1.45. The van der Waals surface area contributed by atoms with Crippen LogP contribution in [0.5, 0.6) is 0 Å². The summed E-state index contributed by atoms with van der Waals surface area (Å²) in [6.07, 6.45) is 0. The van der Waals surface area contributed by atoms with Gasteiger partial charge in [-0.3, -0.25) is 10.1 Å². The van der Waals surface area contributed by atoms with Crippen molar-refractivity contribution in [3.05, 3.63) is 33.9 Å². The lowest BCUT2D eigenvalue weighted by Gasteiger charge is -2.27. The summed E-state index contributed by atoms with van der Waals surface area (Å²) in [6, 6.07) is 5.45. The molecule has 1 aliphatic heterocycles. The molecule has 2 rings (SSSR count). The van der Waals surface area contributed by atoms with Gasteiger partial charge in [-0.05, 0) is 13.0 Å². The summed E-state index contributed by atoms with van der Waals surface area (Å²) in [5.41, 5.74) is 1.61. The van der Waals surface area contributed by atoms with Crippen LogP contribution in [0.3, 0.4) is 0 Å². The lowest BCUT2D eigenvalue weighted by Crippen LogP contribution is -2.40. The first kappa shape index (κ1) is 9.92. The van der Waals surface area contributed by atoms with Gasteiger partial charge in [0.25, 0.3) is 5.69 Å². The highest BCUT2D eigenvalue weighted by Crippen LogP contribution is 2.23. The number of ether oxygens (including phenoxy) is 1. The lowest BCUT2D eigenvalue weighted by molar-refractivity contribution is -0.385. The molecule has 1 aliphatic rings. The Bertz CT molecular complexity index is 388. The van der Waals surface area contributed by atoms with Crippen molar-refractivity contribution in [2.75, 3.05) is 18.5 Å². The minimum absolute atomic E-state index is 0.153. The largest absolute Gasteiger partial charge is 0.377 e. The van der Waals surface area contributed by atoms with Gasteiger partial charge in [-0.1, -0.05) is 6.07 Å². The van der Waals surface area contributed by atoms with Crippen LogP contribution in [0.4, 0.5) is 11.4 Å². The van der Waals surface area contributed by atoms with Crippen molar-refractivity contribution in [2.45, 2.75) is 13.0 Å². The van der Waals surface area contributed by atoms with E-state index in [1.54, 1.807) is 19.1 Å². The quantitative estimate of drug-likeness (QED) is 0.606. The number of nitrogens with one attached hydrogen (secondary N) is 1. The maximum atomic E-state index is 10.7. The zero-order valence-electron chi connectivity index (χ0n) is 8.40. The Labute approximate surface area is 87.2 Å². The van der Waals surface area contributed by atoms with E-state index in [-0.39, 0.29) is 16.7 Å². The molecule has 1 aromatic carbocycles. The molecule has 1 N–H and O–H groups in total. The molecule has 15 heavy (non-hydrogen) atoms. The van der Waals surface area contributed by atoms with E-state index < -0.39 is 0 Å². The van der Waals surface area contributed by atoms with E-state index in [0.29, 0.717) is 18.8 Å². The van der Waals surface area contributed by atoms with Gasteiger partial charge in [0, 0.05) is 17.3 Å². The highest BCUT2D eigenvalue weighted by Gasteiger charge is 2.19. The van der Waals surface area contributed by atoms with Gasteiger partial charge in [0.05, 0.1) is 24.2 Å². The van der Waals surface area contributed by atoms with Crippen molar-refractivity contribution in [2.24, 2.45) is 0 Å². The van der Waals surface area contributed by atoms with Crippen LogP contribution in [0.15, 0.2) is 18.2 Å². The van der Waals surface area contributed by atoms with Gasteiger partial charge in [0.15, 0.2) is 0 Å². The Balaban J connectivity index is 2.17. The van der Waals surface area contributed by atoms with E-state index in [1.165, 1.54) is 0 Å². The molecule has 0 aromatic heterocycles. The number of anilines is 1. The monoisotopic (exact) mass is 208 g/mol. The van der Waals surface area contributed by atoms with Crippen molar-refractivity contribution in [3.8, 4) is 0 Å². The predicted molar refractivity (Wildman–Crippen MR) is 56.1 cm³/mol. The lowest BCUT2D eigenvalue weighted by atomic mass is 10.1. The third-order valence-electron chi connectivity index (χ3n) is 2.41. The molecule has 80 valence electrons. The van der Waals surface area contributed by atoms with Gasteiger partial charge in [-0.25, -0.2) is 0 Å². The van der Waals surface area contributed by atoms with E-state index >= 15 is 0 Å². The van der Waals surface area contributed by atoms with E-state index in [0.717, 1.165) is 5.69 Å². The summed E-state index contributed by atoms with van der Waals surface area (Å²) < 4.78 is 5.01. The second-order valence-electron chi connectivity index (χ2n) is 3.64. The van der Waals surface area contributed by atoms with E-state index in [1.807, 2.05) is 6.07 Å². The van der Waals surface area contributed by atoms with Crippen molar-refractivity contribution in [1.29, 1.82) is 0 Å². The number of aryl methyl sites for hydroxylation is 1. The molecule has 1 aromatic rings. The first-order chi connectivity index (χ1) is 7.16. The van der Waals surface area contributed by atoms with Crippen molar-refractivity contribution in [1.82, 2.24) is 0 Å². The van der Waals surface area contributed by atoms with E-state index in [4.69, 9.17) is 4.74 Å². The Morgan fingerprint density at radius 1 is 1.53 bits per heavy atom. The first-order valence-electron chi connectivity index (χ1n) is 4.76. The zero-order chi connectivity index (χ0) is 10.8. The van der Waals surface area contributed by atoms with Gasteiger partial charge >= 0.3 is 0 Å². The van der Waals surface area contributed by atoms with Crippen LogP contribution in [-0.4, -0.2) is 24.2 Å². The van der Waals surface area contributed by atoms with Crippen molar-refractivity contribution in [3.63, 3.8) is 0 Å². The molecule has 1 fully saturated rings. The van der Waals surface area contributed by atoms with Gasteiger partial charge in [0.1, 0.15) is 0 Å². The highest BCUT2D eigenvalue weighted by atomic mass is 16.6. The Kier molecular flexibility index (Phi) is 2.55. The molecule has 0 saturated carbocycles. The van der Waals surface area contributed by atoms with Crippen LogP contribution < -0.4 is 5.32 Å². The second-order valence-corrected chi connectivity index (χ2v) is 3.64. The number of nitro benzene ring substituents is 1. The molecule has 5 heteroatoms. The summed E-state index contributed by atoms with van der Waals surface area (Å²) >= 11 is 0. The van der Waals surface area contributed by atoms with Gasteiger partial charge < -0.3 is 10.1 Å². The third-order valence-corrected chi connectivity index (χ3v) is 2.41. The second kappa shape index (κ2) is 3.86. The molecule has 0 amide bonds. The summed E-state index contributed by atoms with van der Waals surface area (Å²) in [5, 5.41) is 13.9. The summed E-state index contributed by atoms with van der Waals surface area (Å²) in [5.74, 6) is 0. The van der Waals surface area contributed by atoms with Crippen LogP contribution in [0, 0.1) is 17.0 Å². The highest BCUT2D eigenvalue weighted by molar-refractivity contribution is 5.55. The molecule has 5 nitrogen and oxygen atoms in total. The SMILES string of the molecule is Cc1ccc(NC2COC2)cc1[N+](=O)[O-]. The van der Waals surface area contributed by atoms with Crippen LogP contribution in [0.2, 0.25) is 0 Å². The van der Waals surface area contributed by atoms with Crippen LogP contribution in [-0.2, 0) is 4.74 Å². The first-order valence-corrected chi connectivity index (χ1v) is 4.76.